The molecule has 3 rings (SSSR count). The number of benzene rings is 1. The van der Waals surface area contributed by atoms with E-state index in [9.17, 15) is 0 Å². The lowest BCUT2D eigenvalue weighted by atomic mass is 10.2. The number of hydrogen-bond donors (Lipinski definition) is 2. The predicted molar refractivity (Wildman–Crippen MR) is 102 cm³/mol. The molecule has 0 fully saturated rings. The lowest BCUT2D eigenvalue weighted by Crippen LogP contribution is -2.06. The molecule has 0 aliphatic rings. The molecule has 0 aliphatic carbocycles. The molecule has 0 bridgehead atoms. The Balaban J connectivity index is 1.98. The normalized spacial score (nSPS) is 10.3. The smallest absolute Gasteiger partial charge is 0.225 e. The van der Waals surface area contributed by atoms with E-state index in [-0.39, 0.29) is 0 Å². The van der Waals surface area contributed by atoms with E-state index in [1.807, 2.05) is 49.4 Å². The average Bonchev–Trinajstić information content (AvgIpc) is 2.69. The Morgan fingerprint density at radius 1 is 0.962 bits per heavy atom. The van der Waals surface area contributed by atoms with Crippen molar-refractivity contribution in [2.24, 2.45) is 0 Å². The molecule has 1 aromatic carbocycles. The van der Waals surface area contributed by atoms with Gasteiger partial charge in [0.25, 0.3) is 0 Å². The van der Waals surface area contributed by atoms with Gasteiger partial charge in [-0.15, -0.1) is 0 Å². The number of pyridine rings is 1. The third kappa shape index (κ3) is 4.00. The van der Waals surface area contributed by atoms with Crippen LogP contribution in [0, 0.1) is 0 Å². The fourth-order valence-electron chi connectivity index (χ4n) is 2.43. The summed E-state index contributed by atoms with van der Waals surface area (Å²) in [7, 11) is 3.23. The maximum absolute atomic E-state index is 5.44. The topological polar surface area (TPSA) is 81.2 Å². The fraction of sp³-hybridized carbons (Fsp3) is 0.211. The van der Waals surface area contributed by atoms with Crippen LogP contribution in [0.3, 0.4) is 0 Å². The number of methoxy groups -OCH3 is 2. The molecule has 0 saturated heterocycles. The fourth-order valence-corrected chi connectivity index (χ4v) is 2.43. The minimum absolute atomic E-state index is 0.533. The Bertz CT molecular complexity index is 871. The van der Waals surface area contributed by atoms with Crippen molar-refractivity contribution in [3.8, 4) is 22.9 Å². The molecule has 134 valence electrons. The van der Waals surface area contributed by atoms with Crippen LogP contribution < -0.4 is 20.1 Å². The molecule has 2 heterocycles. The first-order chi connectivity index (χ1) is 12.7. The van der Waals surface area contributed by atoms with Crippen molar-refractivity contribution in [2.45, 2.75) is 6.92 Å². The SMILES string of the molecule is CCNc1nc(Nc2ccc(OC)cc2OC)cc(-c2ccccn2)n1. The van der Waals surface area contributed by atoms with Crippen LogP contribution in [-0.4, -0.2) is 35.7 Å². The molecule has 0 aliphatic heterocycles. The van der Waals surface area contributed by atoms with Crippen LogP contribution >= 0.6 is 0 Å². The molecule has 0 saturated carbocycles. The van der Waals surface area contributed by atoms with E-state index in [4.69, 9.17) is 9.47 Å². The van der Waals surface area contributed by atoms with Crippen LogP contribution in [0.25, 0.3) is 11.4 Å². The maximum atomic E-state index is 5.44. The standard InChI is InChI=1S/C19H21N5O2/c1-4-20-19-23-16(14-7-5-6-10-21-14)12-18(24-19)22-15-9-8-13(25-2)11-17(15)26-3/h5-12H,4H2,1-3H3,(H2,20,22,23,24). The molecule has 0 unspecified atom stereocenters. The summed E-state index contributed by atoms with van der Waals surface area (Å²) < 4.78 is 10.7. The molecular weight excluding hydrogens is 330 g/mol. The maximum Gasteiger partial charge on any atom is 0.225 e. The van der Waals surface area contributed by atoms with Crippen LogP contribution in [0.4, 0.5) is 17.5 Å². The van der Waals surface area contributed by atoms with Crippen LogP contribution in [0.5, 0.6) is 11.5 Å². The van der Waals surface area contributed by atoms with Gasteiger partial charge in [0.05, 0.1) is 31.3 Å². The third-order valence-corrected chi connectivity index (χ3v) is 3.66. The van der Waals surface area contributed by atoms with Crippen molar-refractivity contribution in [2.75, 3.05) is 31.4 Å². The molecule has 0 spiro atoms. The summed E-state index contributed by atoms with van der Waals surface area (Å²) in [4.78, 5) is 13.4. The van der Waals surface area contributed by atoms with E-state index in [1.165, 1.54) is 0 Å². The lowest BCUT2D eigenvalue weighted by molar-refractivity contribution is 0.395. The average molecular weight is 351 g/mol. The first kappa shape index (κ1) is 17.5. The number of nitrogens with zero attached hydrogens (tertiary/aromatic N) is 3. The Morgan fingerprint density at radius 2 is 1.85 bits per heavy atom. The Morgan fingerprint density at radius 3 is 2.54 bits per heavy atom. The van der Waals surface area contributed by atoms with Crippen LogP contribution in [0.2, 0.25) is 0 Å². The molecule has 26 heavy (non-hydrogen) atoms. The van der Waals surface area contributed by atoms with Crippen molar-refractivity contribution >= 4 is 17.5 Å². The van der Waals surface area contributed by atoms with Crippen molar-refractivity contribution in [3.63, 3.8) is 0 Å². The summed E-state index contributed by atoms with van der Waals surface area (Å²) in [5, 5.41) is 6.43. The Hall–Kier alpha value is -3.35. The number of ether oxygens (including phenoxy) is 2. The van der Waals surface area contributed by atoms with Crippen molar-refractivity contribution in [1.82, 2.24) is 15.0 Å². The van der Waals surface area contributed by atoms with Crippen LogP contribution in [0.15, 0.2) is 48.7 Å². The van der Waals surface area contributed by atoms with E-state index in [1.54, 1.807) is 20.4 Å². The van der Waals surface area contributed by atoms with Crippen LogP contribution in [-0.2, 0) is 0 Å². The monoisotopic (exact) mass is 351 g/mol. The first-order valence-corrected chi connectivity index (χ1v) is 8.27. The molecule has 2 aromatic heterocycles. The second-order valence-electron chi connectivity index (χ2n) is 5.40. The molecule has 3 aromatic rings. The number of anilines is 3. The highest BCUT2D eigenvalue weighted by Crippen LogP contribution is 2.32. The summed E-state index contributed by atoms with van der Waals surface area (Å²) in [6, 6.07) is 13.1. The van der Waals surface area contributed by atoms with E-state index < -0.39 is 0 Å². The van der Waals surface area contributed by atoms with Gasteiger partial charge >= 0.3 is 0 Å². The predicted octanol–water partition coefficient (Wildman–Crippen LogP) is 3.73. The largest absolute Gasteiger partial charge is 0.497 e. The van der Waals surface area contributed by atoms with Gasteiger partial charge in [-0.2, -0.15) is 4.98 Å². The molecule has 7 heteroatoms. The number of rotatable bonds is 7. The summed E-state index contributed by atoms with van der Waals surface area (Å²) in [6.45, 7) is 2.72. The van der Waals surface area contributed by atoms with Gasteiger partial charge < -0.3 is 20.1 Å². The highest BCUT2D eigenvalue weighted by molar-refractivity contribution is 5.69. The highest BCUT2D eigenvalue weighted by Gasteiger charge is 2.10. The molecule has 0 atom stereocenters. The Kier molecular flexibility index (Phi) is 5.48. The van der Waals surface area contributed by atoms with Gasteiger partial charge in [0.15, 0.2) is 0 Å². The molecule has 0 amide bonds. The number of nitrogens with one attached hydrogen (secondary N) is 2. The zero-order valence-electron chi connectivity index (χ0n) is 15.0. The summed E-state index contributed by atoms with van der Waals surface area (Å²) in [5.74, 6) is 2.55. The highest BCUT2D eigenvalue weighted by atomic mass is 16.5. The second-order valence-corrected chi connectivity index (χ2v) is 5.40. The van der Waals surface area contributed by atoms with Gasteiger partial charge in [-0.1, -0.05) is 6.07 Å². The van der Waals surface area contributed by atoms with Gasteiger partial charge in [0.1, 0.15) is 17.3 Å². The summed E-state index contributed by atoms with van der Waals surface area (Å²) >= 11 is 0. The Labute approximate surface area is 152 Å². The third-order valence-electron chi connectivity index (χ3n) is 3.66. The van der Waals surface area contributed by atoms with Gasteiger partial charge in [0, 0.05) is 24.9 Å². The van der Waals surface area contributed by atoms with Crippen molar-refractivity contribution in [1.29, 1.82) is 0 Å². The number of aromatic nitrogens is 3. The van der Waals surface area contributed by atoms with E-state index >= 15 is 0 Å². The number of hydrogen-bond acceptors (Lipinski definition) is 7. The minimum atomic E-state index is 0.533. The molecule has 0 radical (unpaired) electrons. The van der Waals surface area contributed by atoms with Crippen LogP contribution in [0.1, 0.15) is 6.92 Å². The van der Waals surface area contributed by atoms with Gasteiger partial charge in [-0.05, 0) is 31.2 Å². The van der Waals surface area contributed by atoms with Gasteiger partial charge in [-0.3, -0.25) is 4.98 Å². The quantitative estimate of drug-likeness (QED) is 0.671. The van der Waals surface area contributed by atoms with Crippen molar-refractivity contribution in [3.05, 3.63) is 48.7 Å². The van der Waals surface area contributed by atoms with E-state index in [2.05, 4.69) is 25.6 Å². The molecule has 2 N–H and O–H groups in total. The van der Waals surface area contributed by atoms with E-state index in [0.29, 0.717) is 17.5 Å². The molecular formula is C19H21N5O2. The first-order valence-electron chi connectivity index (χ1n) is 8.27. The van der Waals surface area contributed by atoms with Gasteiger partial charge in [0.2, 0.25) is 5.95 Å². The summed E-state index contributed by atoms with van der Waals surface area (Å²) in [6.07, 6.45) is 1.74. The van der Waals surface area contributed by atoms with Gasteiger partial charge in [-0.25, -0.2) is 4.98 Å². The van der Waals surface area contributed by atoms with E-state index in [0.717, 1.165) is 29.4 Å². The minimum Gasteiger partial charge on any atom is -0.497 e. The zero-order valence-corrected chi connectivity index (χ0v) is 15.0. The van der Waals surface area contributed by atoms with Crippen molar-refractivity contribution < 1.29 is 9.47 Å². The molecule has 7 nitrogen and oxygen atoms in total. The zero-order chi connectivity index (χ0) is 18.4. The lowest BCUT2D eigenvalue weighted by Gasteiger charge is -2.13. The second kappa shape index (κ2) is 8.15. The summed E-state index contributed by atoms with van der Waals surface area (Å²) in [5.41, 5.74) is 2.28.